The minimum absolute atomic E-state index is 0. The van der Waals surface area contributed by atoms with Gasteiger partial charge in [-0.25, -0.2) is 0 Å². The second-order valence-electron chi connectivity index (χ2n) is 3.76. The smallest absolute Gasteiger partial charge is 1.00 e. The monoisotopic (exact) mass is 252 g/mol. The normalized spacial score (nSPS) is 13.7. The fraction of sp³-hybridized carbons (Fsp3) is 0.364. The van der Waals surface area contributed by atoms with Crippen LogP contribution in [0.15, 0.2) is 30.3 Å². The molecule has 0 heterocycles. The zero-order valence-electron chi connectivity index (χ0n) is 9.66. The van der Waals surface area contributed by atoms with Crippen molar-refractivity contribution in [1.82, 2.24) is 0 Å². The largest absolute Gasteiger partial charge is 2.00 e. The summed E-state index contributed by atoms with van der Waals surface area (Å²) in [5.74, 6) is 0. The van der Waals surface area contributed by atoms with E-state index in [1.165, 1.54) is 5.19 Å². The van der Waals surface area contributed by atoms with Gasteiger partial charge in [-0.2, -0.15) is 0 Å². The summed E-state index contributed by atoms with van der Waals surface area (Å²) >= 11 is 0. The van der Waals surface area contributed by atoms with Crippen LogP contribution in [0.1, 0.15) is 13.8 Å². The molecule has 1 rings (SSSR count). The first-order valence-corrected chi connectivity index (χ1v) is 7.22. The summed E-state index contributed by atoms with van der Waals surface area (Å²) in [6, 6.07) is 10.3. The minimum atomic E-state index is -1.89. The molecule has 0 aliphatic carbocycles. The Morgan fingerprint density at radius 2 is 1.67 bits per heavy atom. The molecule has 4 heteroatoms. The fourth-order valence-corrected chi connectivity index (χ4v) is 3.45. The maximum atomic E-state index is 5.85. The van der Waals surface area contributed by atoms with Crippen LogP contribution in [0.5, 0.6) is 0 Å². The third kappa shape index (κ3) is 5.92. The third-order valence-electron chi connectivity index (χ3n) is 1.88. The van der Waals surface area contributed by atoms with Gasteiger partial charge in [0.2, 0.25) is 0 Å². The molecule has 1 aromatic rings. The van der Waals surface area contributed by atoms with Crippen molar-refractivity contribution in [2.45, 2.75) is 26.5 Å². The Hall–Kier alpha value is 0.453. The zero-order valence-corrected chi connectivity index (χ0v) is 12.8. The molecule has 15 heavy (non-hydrogen) atoms. The van der Waals surface area contributed by atoms with Gasteiger partial charge in [0.05, 0.1) is 8.32 Å². The Morgan fingerprint density at radius 1 is 1.20 bits per heavy atom. The van der Waals surface area contributed by atoms with Crippen LogP contribution in [-0.2, 0) is 4.43 Å². The minimum Gasteiger partial charge on any atom is -1.00 e. The van der Waals surface area contributed by atoms with Crippen LogP contribution in [0.2, 0.25) is 6.55 Å². The van der Waals surface area contributed by atoms with Crippen LogP contribution >= 0.6 is 0 Å². The van der Waals surface area contributed by atoms with Crippen LogP contribution in [0.4, 0.5) is 0 Å². The SMILES string of the molecule is [CH2-][Si](C)(OC(C)C)c1ccccc1.[Cl-].[Mg+2]. The summed E-state index contributed by atoms with van der Waals surface area (Å²) in [5, 5.41) is 1.25. The van der Waals surface area contributed by atoms with Gasteiger partial charge in [0, 0.05) is 6.10 Å². The molecule has 0 aliphatic heterocycles. The molecule has 0 saturated carbocycles. The average Bonchev–Trinajstić information content (AvgIpc) is 2.04. The molecular weight excluding hydrogens is 236 g/mol. The molecule has 0 fully saturated rings. The third-order valence-corrected chi connectivity index (χ3v) is 4.43. The first-order valence-electron chi connectivity index (χ1n) is 4.61. The van der Waals surface area contributed by atoms with E-state index in [0.29, 0.717) is 0 Å². The quantitative estimate of drug-likeness (QED) is 0.490. The number of hydrogen-bond donors (Lipinski definition) is 0. The van der Waals surface area contributed by atoms with Gasteiger partial charge in [-0.3, -0.25) is 0 Å². The van der Waals surface area contributed by atoms with Crippen LogP contribution < -0.4 is 17.6 Å². The van der Waals surface area contributed by atoms with Gasteiger partial charge >= 0.3 is 23.1 Å². The van der Waals surface area contributed by atoms with E-state index in [-0.39, 0.29) is 41.6 Å². The van der Waals surface area contributed by atoms with E-state index in [4.69, 9.17) is 4.43 Å². The van der Waals surface area contributed by atoms with Gasteiger partial charge in [0.25, 0.3) is 0 Å². The molecule has 0 aliphatic rings. The van der Waals surface area contributed by atoms with Gasteiger partial charge < -0.3 is 23.4 Å². The molecule has 1 aromatic carbocycles. The number of rotatable bonds is 3. The molecule has 80 valence electrons. The maximum Gasteiger partial charge on any atom is 2.00 e. The first kappa shape index (κ1) is 17.8. The van der Waals surface area contributed by atoms with Crippen molar-refractivity contribution < 1.29 is 16.8 Å². The van der Waals surface area contributed by atoms with Crippen LogP contribution in [0.3, 0.4) is 0 Å². The van der Waals surface area contributed by atoms with Crippen molar-refractivity contribution in [2.75, 3.05) is 0 Å². The summed E-state index contributed by atoms with van der Waals surface area (Å²) in [6.07, 6.45) is 0.259. The predicted molar refractivity (Wildman–Crippen MR) is 65.0 cm³/mol. The van der Waals surface area contributed by atoms with Gasteiger partial charge in [0.15, 0.2) is 0 Å². The Balaban J connectivity index is 0. The molecule has 0 amide bonds. The summed E-state index contributed by atoms with van der Waals surface area (Å²) in [7, 11) is -1.89. The van der Waals surface area contributed by atoms with E-state index in [9.17, 15) is 0 Å². The Morgan fingerprint density at radius 3 is 2.07 bits per heavy atom. The molecule has 1 atom stereocenters. The summed E-state index contributed by atoms with van der Waals surface area (Å²) in [6.45, 7) is 10.4. The topological polar surface area (TPSA) is 9.23 Å². The van der Waals surface area contributed by atoms with Crippen molar-refractivity contribution in [3.8, 4) is 0 Å². The summed E-state index contributed by atoms with van der Waals surface area (Å²) < 4.78 is 5.85. The average molecular weight is 253 g/mol. The van der Waals surface area contributed by atoms with Gasteiger partial charge in [-0.15, -0.1) is 0 Å². The number of halogens is 1. The Bertz CT molecular complexity index is 265. The predicted octanol–water partition coefficient (Wildman–Crippen LogP) is -1.11. The van der Waals surface area contributed by atoms with Gasteiger partial charge in [-0.05, 0) is 13.8 Å². The van der Waals surface area contributed by atoms with Gasteiger partial charge in [0.1, 0.15) is 0 Å². The molecule has 1 nitrogen and oxygen atoms in total. The number of hydrogen-bond acceptors (Lipinski definition) is 1. The van der Waals surface area contributed by atoms with E-state index in [2.05, 4.69) is 39.1 Å². The van der Waals surface area contributed by atoms with Crippen molar-refractivity contribution >= 4 is 36.6 Å². The second-order valence-corrected chi connectivity index (χ2v) is 7.04. The Labute approximate surface area is 116 Å². The summed E-state index contributed by atoms with van der Waals surface area (Å²) in [4.78, 5) is 0. The molecular formula is C11H17ClMgOSi. The molecule has 1 unspecified atom stereocenters. The van der Waals surface area contributed by atoms with Crippen LogP contribution in [0.25, 0.3) is 0 Å². The standard InChI is InChI=1S/C11H17OSi.ClH.Mg/c1-10(2)12-13(3,4)11-8-6-5-7-9-11;;/h5-10H,3H2,1-2,4H3;1H;/q-1;;+2/p-1. The summed E-state index contributed by atoms with van der Waals surface area (Å²) in [5.41, 5.74) is 0. The zero-order chi connectivity index (χ0) is 9.90. The van der Waals surface area contributed by atoms with Gasteiger partial charge in [-0.1, -0.05) is 42.1 Å². The molecule has 0 N–H and O–H groups in total. The molecule has 0 radical (unpaired) electrons. The molecule has 0 bridgehead atoms. The van der Waals surface area contributed by atoms with E-state index in [0.717, 1.165) is 0 Å². The van der Waals surface area contributed by atoms with E-state index < -0.39 is 8.32 Å². The van der Waals surface area contributed by atoms with E-state index >= 15 is 0 Å². The fourth-order valence-electron chi connectivity index (χ4n) is 1.38. The van der Waals surface area contributed by atoms with Crippen molar-refractivity contribution in [3.05, 3.63) is 36.9 Å². The van der Waals surface area contributed by atoms with Crippen molar-refractivity contribution in [2.24, 2.45) is 0 Å². The molecule has 0 aromatic heterocycles. The van der Waals surface area contributed by atoms with Crippen molar-refractivity contribution in [3.63, 3.8) is 0 Å². The Kier molecular flexibility index (Phi) is 9.13. The maximum absolute atomic E-state index is 5.85. The van der Waals surface area contributed by atoms with E-state index in [1.54, 1.807) is 0 Å². The molecule has 0 spiro atoms. The van der Waals surface area contributed by atoms with E-state index in [1.807, 2.05) is 18.2 Å². The van der Waals surface area contributed by atoms with Crippen molar-refractivity contribution in [1.29, 1.82) is 0 Å². The molecule has 0 saturated heterocycles. The van der Waals surface area contributed by atoms with Crippen LogP contribution in [0, 0.1) is 6.55 Å². The number of benzene rings is 1. The second kappa shape index (κ2) is 7.68. The van der Waals surface area contributed by atoms with Crippen LogP contribution in [-0.4, -0.2) is 37.5 Å². The first-order chi connectivity index (χ1) is 6.02.